The molecule has 1 aromatic rings. The smallest absolute Gasteiger partial charge is 0.416 e. The zero-order valence-electron chi connectivity index (χ0n) is 12.4. The highest BCUT2D eigenvalue weighted by atomic mass is 19.4. The number of hydrogen-bond acceptors (Lipinski definition) is 3. The van der Waals surface area contributed by atoms with Gasteiger partial charge in [0, 0.05) is 12.1 Å². The van der Waals surface area contributed by atoms with Crippen LogP contribution in [0.15, 0.2) is 42.2 Å². The average molecular weight is 324 g/mol. The van der Waals surface area contributed by atoms with E-state index >= 15 is 0 Å². The van der Waals surface area contributed by atoms with Gasteiger partial charge in [-0.25, -0.2) is 0 Å². The fraction of sp³-hybridized carbons (Fsp3) is 0.250. The molecule has 0 fully saturated rings. The molecule has 0 saturated carbocycles. The first-order chi connectivity index (χ1) is 10.7. The van der Waals surface area contributed by atoms with Crippen molar-refractivity contribution in [2.24, 2.45) is 0 Å². The second-order valence-corrected chi connectivity index (χ2v) is 4.74. The van der Waals surface area contributed by atoms with E-state index in [4.69, 9.17) is 5.26 Å². The van der Waals surface area contributed by atoms with Crippen LogP contribution in [0.25, 0.3) is 0 Å². The fourth-order valence-corrected chi connectivity index (χ4v) is 1.86. The number of aryl methyl sites for hydroxylation is 1. The van der Waals surface area contributed by atoms with E-state index in [2.05, 4.69) is 11.9 Å². The SMILES string of the molecule is C=CCC/C(O)=C(\C#N)C(=O)Nc1ccc(C(F)(F)F)c(C)c1. The minimum absolute atomic E-state index is 0.0614. The number of rotatable bonds is 5. The third-order valence-corrected chi connectivity index (χ3v) is 3.00. The van der Waals surface area contributed by atoms with Crippen molar-refractivity contribution < 1.29 is 23.1 Å². The standard InChI is InChI=1S/C16H15F3N2O2/c1-3-4-5-14(22)12(9-20)15(23)21-11-6-7-13(10(2)8-11)16(17,18)19/h3,6-8,22H,1,4-5H2,2H3,(H,21,23)/b14-12-. The lowest BCUT2D eigenvalue weighted by atomic mass is 10.1. The highest BCUT2D eigenvalue weighted by Crippen LogP contribution is 2.32. The molecule has 0 aliphatic heterocycles. The number of aliphatic hydroxyl groups is 1. The fourth-order valence-electron chi connectivity index (χ4n) is 1.86. The molecular formula is C16H15F3N2O2. The van der Waals surface area contributed by atoms with E-state index in [0.29, 0.717) is 6.42 Å². The van der Waals surface area contributed by atoms with Crippen molar-refractivity contribution in [1.82, 2.24) is 0 Å². The highest BCUT2D eigenvalue weighted by molar-refractivity contribution is 6.06. The van der Waals surface area contributed by atoms with Crippen molar-refractivity contribution in [2.45, 2.75) is 25.9 Å². The zero-order chi connectivity index (χ0) is 17.6. The summed E-state index contributed by atoms with van der Waals surface area (Å²) in [7, 11) is 0. The molecule has 0 unspecified atom stereocenters. The normalized spacial score (nSPS) is 12.1. The molecule has 23 heavy (non-hydrogen) atoms. The van der Waals surface area contributed by atoms with Crippen LogP contribution in [0.2, 0.25) is 0 Å². The predicted molar refractivity (Wildman–Crippen MR) is 79.5 cm³/mol. The third-order valence-electron chi connectivity index (χ3n) is 3.00. The van der Waals surface area contributed by atoms with Gasteiger partial charge in [-0.15, -0.1) is 6.58 Å². The van der Waals surface area contributed by atoms with Crippen LogP contribution in [0.1, 0.15) is 24.0 Å². The number of hydrogen-bond donors (Lipinski definition) is 2. The summed E-state index contributed by atoms with van der Waals surface area (Å²) in [6.45, 7) is 4.72. The molecule has 0 atom stereocenters. The highest BCUT2D eigenvalue weighted by Gasteiger charge is 2.32. The molecular weight excluding hydrogens is 309 g/mol. The van der Waals surface area contributed by atoms with Crippen molar-refractivity contribution >= 4 is 11.6 Å². The minimum Gasteiger partial charge on any atom is -0.511 e. The Bertz CT molecular complexity index is 686. The first-order valence-corrected chi connectivity index (χ1v) is 6.63. The number of nitrogens with one attached hydrogen (secondary N) is 1. The van der Waals surface area contributed by atoms with Gasteiger partial charge >= 0.3 is 6.18 Å². The summed E-state index contributed by atoms with van der Waals surface area (Å²) in [6.07, 6.45) is -2.51. The van der Waals surface area contributed by atoms with Crippen molar-refractivity contribution in [1.29, 1.82) is 5.26 Å². The van der Waals surface area contributed by atoms with Gasteiger partial charge in [-0.3, -0.25) is 4.79 Å². The molecule has 0 aliphatic rings. The van der Waals surface area contributed by atoms with Crippen LogP contribution in [0.3, 0.4) is 0 Å². The summed E-state index contributed by atoms with van der Waals surface area (Å²) >= 11 is 0. The largest absolute Gasteiger partial charge is 0.511 e. The summed E-state index contributed by atoms with van der Waals surface area (Å²) < 4.78 is 38.0. The number of amides is 1. The second kappa shape index (κ2) is 7.49. The number of allylic oxidation sites excluding steroid dienone is 2. The number of carbonyl (C=O) groups excluding carboxylic acids is 1. The number of carbonyl (C=O) groups is 1. The Kier molecular flexibility index (Phi) is 5.96. The topological polar surface area (TPSA) is 73.1 Å². The summed E-state index contributed by atoms with van der Waals surface area (Å²) in [4.78, 5) is 11.9. The van der Waals surface area contributed by atoms with E-state index in [-0.39, 0.29) is 17.7 Å². The van der Waals surface area contributed by atoms with Gasteiger partial charge in [-0.05, 0) is 37.1 Å². The maximum absolute atomic E-state index is 12.7. The number of anilines is 1. The van der Waals surface area contributed by atoms with Gasteiger partial charge in [0.1, 0.15) is 11.8 Å². The molecule has 0 aromatic heterocycles. The van der Waals surface area contributed by atoms with Crippen molar-refractivity contribution in [2.75, 3.05) is 5.32 Å². The first-order valence-electron chi connectivity index (χ1n) is 6.63. The molecule has 2 N–H and O–H groups in total. The maximum Gasteiger partial charge on any atom is 0.416 e. The molecule has 1 aromatic carbocycles. The lowest BCUT2D eigenvalue weighted by Gasteiger charge is -2.12. The number of aliphatic hydroxyl groups excluding tert-OH is 1. The number of nitrogens with zero attached hydrogens (tertiary/aromatic N) is 1. The Morgan fingerprint density at radius 1 is 1.48 bits per heavy atom. The van der Waals surface area contributed by atoms with E-state index in [1.54, 1.807) is 6.07 Å². The molecule has 1 amide bonds. The van der Waals surface area contributed by atoms with E-state index in [1.807, 2.05) is 0 Å². The van der Waals surface area contributed by atoms with Gasteiger partial charge in [0.2, 0.25) is 0 Å². The number of alkyl halides is 3. The number of benzene rings is 1. The zero-order valence-corrected chi connectivity index (χ0v) is 12.4. The average Bonchev–Trinajstić information content (AvgIpc) is 2.44. The van der Waals surface area contributed by atoms with Crippen LogP contribution in [-0.4, -0.2) is 11.0 Å². The number of halogens is 3. The summed E-state index contributed by atoms with van der Waals surface area (Å²) in [5, 5.41) is 20.9. The molecule has 0 saturated heterocycles. The van der Waals surface area contributed by atoms with Crippen LogP contribution >= 0.6 is 0 Å². The minimum atomic E-state index is -4.48. The van der Waals surface area contributed by atoms with Crippen LogP contribution < -0.4 is 5.32 Å². The van der Waals surface area contributed by atoms with Crippen LogP contribution in [0.4, 0.5) is 18.9 Å². The van der Waals surface area contributed by atoms with Crippen molar-refractivity contribution in [3.8, 4) is 6.07 Å². The van der Waals surface area contributed by atoms with Crippen molar-refractivity contribution in [3.05, 3.63) is 53.3 Å². The van der Waals surface area contributed by atoms with E-state index in [0.717, 1.165) is 18.2 Å². The monoisotopic (exact) mass is 324 g/mol. The second-order valence-electron chi connectivity index (χ2n) is 4.74. The van der Waals surface area contributed by atoms with Crippen molar-refractivity contribution in [3.63, 3.8) is 0 Å². The predicted octanol–water partition coefficient (Wildman–Crippen LogP) is 4.25. The summed E-state index contributed by atoms with van der Waals surface area (Å²) in [6, 6.07) is 4.67. The van der Waals surface area contributed by atoms with Gasteiger partial charge in [0.05, 0.1) is 5.56 Å². The Labute approximate surface area is 131 Å². The molecule has 122 valence electrons. The molecule has 1 rings (SSSR count). The van der Waals surface area contributed by atoms with E-state index < -0.39 is 29.0 Å². The van der Waals surface area contributed by atoms with Gasteiger partial charge in [-0.1, -0.05) is 6.08 Å². The maximum atomic E-state index is 12.7. The van der Waals surface area contributed by atoms with E-state index in [1.165, 1.54) is 13.0 Å². The Hall–Kier alpha value is -2.75. The molecule has 7 heteroatoms. The lowest BCUT2D eigenvalue weighted by molar-refractivity contribution is -0.138. The lowest BCUT2D eigenvalue weighted by Crippen LogP contribution is -2.16. The molecule has 4 nitrogen and oxygen atoms in total. The van der Waals surface area contributed by atoms with Crippen LogP contribution in [0, 0.1) is 18.3 Å². The molecule has 0 bridgehead atoms. The van der Waals surface area contributed by atoms with Gasteiger partial charge in [0.25, 0.3) is 5.91 Å². The summed E-state index contributed by atoms with van der Waals surface area (Å²) in [5.41, 5.74) is -1.25. The van der Waals surface area contributed by atoms with Gasteiger partial charge in [-0.2, -0.15) is 18.4 Å². The number of nitriles is 1. The first kappa shape index (κ1) is 18.3. The Morgan fingerprint density at radius 2 is 2.13 bits per heavy atom. The van der Waals surface area contributed by atoms with Gasteiger partial charge in [0.15, 0.2) is 5.57 Å². The molecule has 0 heterocycles. The van der Waals surface area contributed by atoms with Crippen LogP contribution in [0.5, 0.6) is 0 Å². The summed E-state index contributed by atoms with van der Waals surface area (Å²) in [5.74, 6) is -1.28. The van der Waals surface area contributed by atoms with Gasteiger partial charge < -0.3 is 10.4 Å². The van der Waals surface area contributed by atoms with E-state index in [9.17, 15) is 23.1 Å². The molecule has 0 radical (unpaired) electrons. The molecule has 0 spiro atoms. The quantitative estimate of drug-likeness (QED) is 0.368. The molecule has 0 aliphatic carbocycles. The third kappa shape index (κ3) is 4.88. The Balaban J connectivity index is 2.99. The Morgan fingerprint density at radius 3 is 2.61 bits per heavy atom. The van der Waals surface area contributed by atoms with Crippen LogP contribution in [-0.2, 0) is 11.0 Å².